The van der Waals surface area contributed by atoms with Crippen LogP contribution in [0, 0.1) is 11.6 Å². The molecule has 1 fully saturated rings. The highest BCUT2D eigenvalue weighted by atomic mass is 19.1. The number of nitrogens with zero attached hydrogens (tertiary/aromatic N) is 2. The van der Waals surface area contributed by atoms with Gasteiger partial charge in [0.1, 0.15) is 28.8 Å². The van der Waals surface area contributed by atoms with Gasteiger partial charge in [-0.25, -0.2) is 18.7 Å². The molecule has 1 aromatic heterocycles. The molecule has 0 atom stereocenters. The Morgan fingerprint density at radius 2 is 1.75 bits per heavy atom. The van der Waals surface area contributed by atoms with Gasteiger partial charge in [0.05, 0.1) is 12.4 Å². The van der Waals surface area contributed by atoms with E-state index in [0.717, 1.165) is 37.8 Å². The van der Waals surface area contributed by atoms with Crippen LogP contribution in [0.3, 0.4) is 0 Å². The van der Waals surface area contributed by atoms with Crippen LogP contribution in [0.2, 0.25) is 0 Å². The Balaban J connectivity index is 1.65. The molecule has 1 saturated carbocycles. The monoisotopic (exact) mass is 332 g/mol. The number of hydrogen-bond donors (Lipinski definition) is 2. The molecule has 1 aromatic carbocycles. The quantitative estimate of drug-likeness (QED) is 0.898. The van der Waals surface area contributed by atoms with Crippen LogP contribution in [0.1, 0.15) is 42.6 Å². The van der Waals surface area contributed by atoms with Crippen LogP contribution in [0.4, 0.5) is 20.3 Å². The third kappa shape index (κ3) is 3.84. The zero-order valence-electron chi connectivity index (χ0n) is 13.1. The molecule has 0 bridgehead atoms. The summed E-state index contributed by atoms with van der Waals surface area (Å²) in [6.45, 7) is 0. The van der Waals surface area contributed by atoms with Crippen molar-refractivity contribution in [2.75, 3.05) is 5.32 Å². The molecule has 0 radical (unpaired) electrons. The van der Waals surface area contributed by atoms with Crippen LogP contribution < -0.4 is 10.6 Å². The van der Waals surface area contributed by atoms with Crippen molar-refractivity contribution in [1.82, 2.24) is 15.3 Å². The SMILES string of the molecule is O=C(NC1CCCCC1)c1cnc(Nc2c(F)cccc2F)cn1. The van der Waals surface area contributed by atoms with Gasteiger partial charge in [0.2, 0.25) is 0 Å². The van der Waals surface area contributed by atoms with Crippen molar-refractivity contribution < 1.29 is 13.6 Å². The summed E-state index contributed by atoms with van der Waals surface area (Å²) in [6, 6.07) is 3.74. The predicted molar refractivity (Wildman–Crippen MR) is 86.0 cm³/mol. The number of carbonyl (C=O) groups excluding carboxylic acids is 1. The van der Waals surface area contributed by atoms with Gasteiger partial charge in [-0.3, -0.25) is 4.79 Å². The van der Waals surface area contributed by atoms with Crippen molar-refractivity contribution in [2.24, 2.45) is 0 Å². The summed E-state index contributed by atoms with van der Waals surface area (Å²) in [5.74, 6) is -1.57. The average molecular weight is 332 g/mol. The number of amides is 1. The van der Waals surface area contributed by atoms with Crippen LogP contribution in [-0.2, 0) is 0 Å². The van der Waals surface area contributed by atoms with E-state index in [1.807, 2.05) is 0 Å². The van der Waals surface area contributed by atoms with E-state index in [1.165, 1.54) is 24.9 Å². The highest BCUT2D eigenvalue weighted by Gasteiger charge is 2.17. The fourth-order valence-corrected chi connectivity index (χ4v) is 2.76. The van der Waals surface area contributed by atoms with Gasteiger partial charge in [-0.1, -0.05) is 25.3 Å². The van der Waals surface area contributed by atoms with Gasteiger partial charge in [-0.05, 0) is 25.0 Å². The van der Waals surface area contributed by atoms with E-state index >= 15 is 0 Å². The molecule has 5 nitrogen and oxygen atoms in total. The lowest BCUT2D eigenvalue weighted by molar-refractivity contribution is 0.0922. The maximum Gasteiger partial charge on any atom is 0.271 e. The fourth-order valence-electron chi connectivity index (χ4n) is 2.76. The molecule has 126 valence electrons. The molecule has 0 aliphatic heterocycles. The molecule has 3 rings (SSSR count). The van der Waals surface area contributed by atoms with Crippen molar-refractivity contribution >= 4 is 17.4 Å². The van der Waals surface area contributed by atoms with E-state index in [2.05, 4.69) is 20.6 Å². The lowest BCUT2D eigenvalue weighted by atomic mass is 9.95. The topological polar surface area (TPSA) is 66.9 Å². The first-order valence-electron chi connectivity index (χ1n) is 7.97. The molecule has 2 aromatic rings. The van der Waals surface area contributed by atoms with Crippen molar-refractivity contribution in [2.45, 2.75) is 38.1 Å². The molecule has 1 amide bonds. The smallest absolute Gasteiger partial charge is 0.271 e. The van der Waals surface area contributed by atoms with Crippen molar-refractivity contribution in [3.63, 3.8) is 0 Å². The number of nitrogens with one attached hydrogen (secondary N) is 2. The normalized spacial score (nSPS) is 15.1. The molecule has 1 heterocycles. The second-order valence-electron chi connectivity index (χ2n) is 5.82. The summed E-state index contributed by atoms with van der Waals surface area (Å²) >= 11 is 0. The minimum Gasteiger partial charge on any atom is -0.348 e. The third-order valence-electron chi connectivity index (χ3n) is 4.04. The van der Waals surface area contributed by atoms with E-state index in [0.29, 0.717) is 0 Å². The first-order valence-corrected chi connectivity index (χ1v) is 7.97. The zero-order chi connectivity index (χ0) is 16.9. The van der Waals surface area contributed by atoms with Crippen molar-refractivity contribution in [3.05, 3.63) is 47.9 Å². The van der Waals surface area contributed by atoms with Crippen LogP contribution in [0.5, 0.6) is 0 Å². The third-order valence-corrected chi connectivity index (χ3v) is 4.04. The second-order valence-corrected chi connectivity index (χ2v) is 5.82. The molecular formula is C17H18F2N4O. The zero-order valence-corrected chi connectivity index (χ0v) is 13.1. The Morgan fingerprint density at radius 1 is 1.04 bits per heavy atom. The molecule has 24 heavy (non-hydrogen) atoms. The van der Waals surface area contributed by atoms with E-state index < -0.39 is 11.6 Å². The Labute approximate surface area is 138 Å². The lowest BCUT2D eigenvalue weighted by Crippen LogP contribution is -2.36. The van der Waals surface area contributed by atoms with E-state index in [1.54, 1.807) is 0 Å². The molecular weight excluding hydrogens is 314 g/mol. The van der Waals surface area contributed by atoms with Gasteiger partial charge >= 0.3 is 0 Å². The average Bonchev–Trinajstić information content (AvgIpc) is 2.60. The number of halogens is 2. The number of anilines is 2. The minimum absolute atomic E-state index is 0.160. The van der Waals surface area contributed by atoms with Crippen LogP contribution in [-0.4, -0.2) is 21.9 Å². The highest BCUT2D eigenvalue weighted by Crippen LogP contribution is 2.21. The van der Waals surface area contributed by atoms with Crippen LogP contribution in [0.25, 0.3) is 0 Å². The number of para-hydroxylation sites is 1. The molecule has 2 N–H and O–H groups in total. The summed E-state index contributed by atoms with van der Waals surface area (Å²) in [6.07, 6.45) is 7.97. The number of aromatic nitrogens is 2. The summed E-state index contributed by atoms with van der Waals surface area (Å²) in [7, 11) is 0. The summed E-state index contributed by atoms with van der Waals surface area (Å²) in [5.41, 5.74) is -0.119. The first kappa shape index (κ1) is 16.3. The van der Waals surface area contributed by atoms with Gasteiger partial charge in [0.15, 0.2) is 0 Å². The molecule has 1 aliphatic carbocycles. The Kier molecular flexibility index (Phi) is 4.98. The number of rotatable bonds is 4. The fraction of sp³-hybridized carbons (Fsp3) is 0.353. The van der Waals surface area contributed by atoms with Crippen LogP contribution in [0.15, 0.2) is 30.6 Å². The van der Waals surface area contributed by atoms with Gasteiger partial charge in [-0.2, -0.15) is 0 Å². The van der Waals surface area contributed by atoms with E-state index in [-0.39, 0.29) is 29.1 Å². The number of hydrogen-bond acceptors (Lipinski definition) is 4. The predicted octanol–water partition coefficient (Wildman–Crippen LogP) is 3.56. The maximum atomic E-state index is 13.6. The number of carbonyl (C=O) groups is 1. The lowest BCUT2D eigenvalue weighted by Gasteiger charge is -2.22. The van der Waals surface area contributed by atoms with Crippen molar-refractivity contribution in [1.29, 1.82) is 0 Å². The molecule has 1 aliphatic rings. The summed E-state index contributed by atoms with van der Waals surface area (Å²) in [4.78, 5) is 20.2. The minimum atomic E-state index is -0.726. The van der Waals surface area contributed by atoms with Gasteiger partial charge in [-0.15, -0.1) is 0 Å². The largest absolute Gasteiger partial charge is 0.348 e. The van der Waals surface area contributed by atoms with Gasteiger partial charge < -0.3 is 10.6 Å². The summed E-state index contributed by atoms with van der Waals surface area (Å²) in [5, 5.41) is 5.47. The molecule has 7 heteroatoms. The molecule has 0 spiro atoms. The van der Waals surface area contributed by atoms with Crippen molar-refractivity contribution in [3.8, 4) is 0 Å². The maximum absolute atomic E-state index is 13.6. The Morgan fingerprint density at radius 3 is 2.38 bits per heavy atom. The van der Waals surface area contributed by atoms with Gasteiger partial charge in [0.25, 0.3) is 5.91 Å². The Hall–Kier alpha value is -2.57. The molecule has 0 saturated heterocycles. The van der Waals surface area contributed by atoms with E-state index in [9.17, 15) is 13.6 Å². The Bertz CT molecular complexity index is 695. The van der Waals surface area contributed by atoms with E-state index in [4.69, 9.17) is 0 Å². The standard InChI is InChI=1S/C17H18F2N4O/c18-12-7-4-8-13(19)16(12)23-15-10-20-14(9-21-15)17(24)22-11-5-2-1-3-6-11/h4,7-11H,1-3,5-6H2,(H,21,23)(H,22,24). The second kappa shape index (κ2) is 7.33. The van der Waals surface area contributed by atoms with Gasteiger partial charge in [0, 0.05) is 6.04 Å². The van der Waals surface area contributed by atoms with Crippen LogP contribution >= 0.6 is 0 Å². The molecule has 0 unspecified atom stereocenters. The highest BCUT2D eigenvalue weighted by molar-refractivity contribution is 5.92. The number of benzene rings is 1. The summed E-state index contributed by atoms with van der Waals surface area (Å²) < 4.78 is 27.2. The first-order chi connectivity index (χ1) is 11.6.